The number of ether oxygens (including phenoxy) is 2. The lowest BCUT2D eigenvalue weighted by Crippen LogP contribution is -2.33. The van der Waals surface area contributed by atoms with Crippen molar-refractivity contribution in [3.63, 3.8) is 0 Å². The molecule has 0 saturated heterocycles. The summed E-state index contributed by atoms with van der Waals surface area (Å²) in [5, 5.41) is 3.66. The van der Waals surface area contributed by atoms with Crippen molar-refractivity contribution < 1.29 is 14.3 Å². The van der Waals surface area contributed by atoms with E-state index in [1.165, 1.54) is 0 Å². The van der Waals surface area contributed by atoms with Gasteiger partial charge in [-0.1, -0.05) is 54.1 Å². The van der Waals surface area contributed by atoms with Crippen molar-refractivity contribution in [2.45, 2.75) is 6.04 Å². The third-order valence-corrected chi connectivity index (χ3v) is 4.32. The van der Waals surface area contributed by atoms with E-state index in [0.717, 1.165) is 16.9 Å². The number of rotatable bonds is 7. The van der Waals surface area contributed by atoms with Crippen molar-refractivity contribution >= 4 is 17.5 Å². The van der Waals surface area contributed by atoms with Crippen molar-refractivity contribution in [2.75, 3.05) is 13.7 Å². The van der Waals surface area contributed by atoms with Crippen molar-refractivity contribution in [1.29, 1.82) is 0 Å². The van der Waals surface area contributed by atoms with Crippen molar-refractivity contribution in [3.8, 4) is 11.5 Å². The Labute approximate surface area is 163 Å². The molecule has 3 rings (SSSR count). The fourth-order valence-electron chi connectivity index (χ4n) is 2.68. The van der Waals surface area contributed by atoms with Gasteiger partial charge in [-0.15, -0.1) is 0 Å². The van der Waals surface area contributed by atoms with Gasteiger partial charge in [-0.05, 0) is 47.5 Å². The molecule has 5 heteroatoms. The standard InChI is InChI=1S/C22H20ClNO3/c1-26-19-11-7-17(8-12-19)22(16-5-3-2-4-6-16)24-21(25)15-27-20-13-9-18(23)10-14-20/h2-14,22H,15H2,1H3,(H,24,25)/t22-/m1/s1. The lowest BCUT2D eigenvalue weighted by atomic mass is 9.98. The molecule has 0 bridgehead atoms. The fraction of sp³-hybridized carbons (Fsp3) is 0.136. The lowest BCUT2D eigenvalue weighted by Gasteiger charge is -2.20. The van der Waals surface area contributed by atoms with Gasteiger partial charge in [-0.2, -0.15) is 0 Å². The molecule has 0 aliphatic heterocycles. The summed E-state index contributed by atoms with van der Waals surface area (Å²) < 4.78 is 10.8. The Morgan fingerprint density at radius 3 is 2.11 bits per heavy atom. The minimum atomic E-state index is -0.279. The summed E-state index contributed by atoms with van der Waals surface area (Å²) in [5.74, 6) is 1.15. The van der Waals surface area contributed by atoms with Crippen LogP contribution < -0.4 is 14.8 Å². The molecule has 1 atom stereocenters. The number of nitrogens with one attached hydrogen (secondary N) is 1. The maximum absolute atomic E-state index is 12.5. The zero-order chi connectivity index (χ0) is 19.1. The second-order valence-electron chi connectivity index (χ2n) is 5.93. The molecule has 4 nitrogen and oxygen atoms in total. The van der Waals surface area contributed by atoms with E-state index < -0.39 is 0 Å². The van der Waals surface area contributed by atoms with Gasteiger partial charge in [0.15, 0.2) is 6.61 Å². The first kappa shape index (κ1) is 18.8. The first-order valence-electron chi connectivity index (χ1n) is 8.52. The van der Waals surface area contributed by atoms with E-state index in [4.69, 9.17) is 21.1 Å². The summed E-state index contributed by atoms with van der Waals surface area (Å²) in [4.78, 5) is 12.5. The van der Waals surface area contributed by atoms with Crippen LogP contribution >= 0.6 is 11.6 Å². The molecule has 0 spiro atoms. The Kier molecular flexibility index (Phi) is 6.34. The monoisotopic (exact) mass is 381 g/mol. The van der Waals surface area contributed by atoms with Gasteiger partial charge < -0.3 is 14.8 Å². The van der Waals surface area contributed by atoms with Crippen LogP contribution in [0.4, 0.5) is 0 Å². The van der Waals surface area contributed by atoms with Gasteiger partial charge >= 0.3 is 0 Å². The third-order valence-electron chi connectivity index (χ3n) is 4.07. The highest BCUT2D eigenvalue weighted by atomic mass is 35.5. The number of hydrogen-bond acceptors (Lipinski definition) is 3. The zero-order valence-electron chi connectivity index (χ0n) is 14.9. The number of methoxy groups -OCH3 is 1. The molecule has 0 aromatic heterocycles. The molecule has 1 amide bonds. The molecule has 3 aromatic rings. The van der Waals surface area contributed by atoms with Gasteiger partial charge in [0.25, 0.3) is 5.91 Å². The van der Waals surface area contributed by atoms with Gasteiger partial charge in [0.1, 0.15) is 11.5 Å². The molecule has 0 radical (unpaired) electrons. The molecule has 3 aromatic carbocycles. The van der Waals surface area contributed by atoms with E-state index >= 15 is 0 Å². The fourth-order valence-corrected chi connectivity index (χ4v) is 2.81. The molecule has 138 valence electrons. The summed E-state index contributed by atoms with van der Waals surface area (Å²) in [6.45, 7) is -0.0822. The summed E-state index contributed by atoms with van der Waals surface area (Å²) >= 11 is 5.86. The minimum Gasteiger partial charge on any atom is -0.497 e. The molecule has 0 saturated carbocycles. The zero-order valence-corrected chi connectivity index (χ0v) is 15.6. The molecule has 0 unspecified atom stereocenters. The van der Waals surface area contributed by atoms with Gasteiger partial charge in [-0.25, -0.2) is 0 Å². The Morgan fingerprint density at radius 1 is 0.889 bits per heavy atom. The highest BCUT2D eigenvalue weighted by Crippen LogP contribution is 2.24. The summed E-state index contributed by atoms with van der Waals surface area (Å²) in [5.41, 5.74) is 1.95. The summed E-state index contributed by atoms with van der Waals surface area (Å²) in [6.07, 6.45) is 0. The highest BCUT2D eigenvalue weighted by Gasteiger charge is 2.17. The number of carbonyl (C=O) groups excluding carboxylic acids is 1. The van der Waals surface area contributed by atoms with Crippen LogP contribution in [-0.4, -0.2) is 19.6 Å². The Hall–Kier alpha value is -2.98. The molecule has 0 heterocycles. The van der Waals surface area contributed by atoms with E-state index in [9.17, 15) is 4.79 Å². The van der Waals surface area contributed by atoms with Crippen LogP contribution in [0.15, 0.2) is 78.9 Å². The van der Waals surface area contributed by atoms with Gasteiger partial charge in [0, 0.05) is 5.02 Å². The van der Waals surface area contributed by atoms with E-state index in [1.54, 1.807) is 31.4 Å². The van der Waals surface area contributed by atoms with Gasteiger partial charge in [-0.3, -0.25) is 4.79 Å². The molecule has 1 N–H and O–H groups in total. The number of amides is 1. The second kappa shape index (κ2) is 9.10. The van der Waals surface area contributed by atoms with Crippen LogP contribution in [0.3, 0.4) is 0 Å². The average Bonchev–Trinajstić information content (AvgIpc) is 2.72. The number of carbonyl (C=O) groups is 1. The first-order valence-corrected chi connectivity index (χ1v) is 8.90. The minimum absolute atomic E-state index is 0.0822. The van der Waals surface area contributed by atoms with Crippen molar-refractivity contribution in [2.24, 2.45) is 0 Å². The third kappa shape index (κ3) is 5.25. The maximum Gasteiger partial charge on any atom is 0.258 e. The molecule has 27 heavy (non-hydrogen) atoms. The van der Waals surface area contributed by atoms with Crippen LogP contribution in [-0.2, 0) is 4.79 Å². The van der Waals surface area contributed by atoms with E-state index in [2.05, 4.69) is 5.32 Å². The van der Waals surface area contributed by atoms with Crippen LogP contribution in [0.5, 0.6) is 11.5 Å². The first-order chi connectivity index (χ1) is 13.2. The van der Waals surface area contributed by atoms with Crippen LogP contribution in [0, 0.1) is 0 Å². The largest absolute Gasteiger partial charge is 0.497 e. The topological polar surface area (TPSA) is 47.6 Å². The maximum atomic E-state index is 12.5. The van der Waals surface area contributed by atoms with Crippen LogP contribution in [0.25, 0.3) is 0 Å². The second-order valence-corrected chi connectivity index (χ2v) is 6.36. The van der Waals surface area contributed by atoms with Gasteiger partial charge in [0.2, 0.25) is 0 Å². The van der Waals surface area contributed by atoms with Gasteiger partial charge in [0.05, 0.1) is 13.2 Å². The highest BCUT2D eigenvalue weighted by molar-refractivity contribution is 6.30. The predicted molar refractivity (Wildman–Crippen MR) is 106 cm³/mol. The summed E-state index contributed by atoms with van der Waals surface area (Å²) in [7, 11) is 1.62. The van der Waals surface area contributed by atoms with E-state index in [0.29, 0.717) is 10.8 Å². The van der Waals surface area contributed by atoms with Crippen molar-refractivity contribution in [1.82, 2.24) is 5.32 Å². The number of hydrogen-bond donors (Lipinski definition) is 1. The smallest absolute Gasteiger partial charge is 0.258 e. The Bertz CT molecular complexity index is 864. The number of benzene rings is 3. The molecule has 0 aliphatic carbocycles. The normalized spacial score (nSPS) is 11.5. The number of halogens is 1. The van der Waals surface area contributed by atoms with E-state index in [1.807, 2.05) is 54.6 Å². The van der Waals surface area contributed by atoms with E-state index in [-0.39, 0.29) is 18.6 Å². The quantitative estimate of drug-likeness (QED) is 0.649. The average molecular weight is 382 g/mol. The van der Waals surface area contributed by atoms with Crippen LogP contribution in [0.2, 0.25) is 5.02 Å². The Morgan fingerprint density at radius 2 is 1.48 bits per heavy atom. The molecule has 0 aliphatic rings. The SMILES string of the molecule is COc1ccc([C@H](NC(=O)COc2ccc(Cl)cc2)c2ccccc2)cc1. The predicted octanol–water partition coefficient (Wildman–Crippen LogP) is 4.63. The molecule has 0 fully saturated rings. The summed E-state index contributed by atoms with van der Waals surface area (Å²) in [6, 6.07) is 24.1. The Balaban J connectivity index is 1.72. The molecular formula is C22H20ClNO3. The van der Waals surface area contributed by atoms with Crippen molar-refractivity contribution in [3.05, 3.63) is 95.0 Å². The lowest BCUT2D eigenvalue weighted by molar-refractivity contribution is -0.123. The van der Waals surface area contributed by atoms with Crippen LogP contribution in [0.1, 0.15) is 17.2 Å². The molecular weight excluding hydrogens is 362 g/mol.